The number of nitrogens with zero attached hydrogens (tertiary/aromatic N) is 1. The van der Waals surface area contributed by atoms with E-state index >= 15 is 0 Å². The zero-order valence-electron chi connectivity index (χ0n) is 14.9. The van der Waals surface area contributed by atoms with E-state index in [9.17, 15) is 4.79 Å². The summed E-state index contributed by atoms with van der Waals surface area (Å²) in [6.45, 7) is 7.54. The van der Waals surface area contributed by atoms with Gasteiger partial charge in [-0.05, 0) is 19.0 Å². The summed E-state index contributed by atoms with van der Waals surface area (Å²) in [7, 11) is 2.07. The fourth-order valence-corrected chi connectivity index (χ4v) is 4.14. The molecule has 1 saturated heterocycles. The van der Waals surface area contributed by atoms with Crippen molar-refractivity contribution in [2.45, 2.75) is 39.0 Å². The van der Waals surface area contributed by atoms with Crippen molar-refractivity contribution in [2.24, 2.45) is 11.3 Å². The van der Waals surface area contributed by atoms with Gasteiger partial charge in [0.15, 0.2) is 0 Å². The number of urea groups is 1. The van der Waals surface area contributed by atoms with Gasteiger partial charge in [0.2, 0.25) is 0 Å². The van der Waals surface area contributed by atoms with E-state index in [4.69, 9.17) is 4.74 Å². The third kappa shape index (κ3) is 3.57. The Bertz CT molecular complexity index is 561. The SMILES string of the molecule is CN(CCNC(=O)N[C@@H]1[C@@H]2CCO[C@@H]2C1(C)C)Cc1ccccc1. The zero-order valence-corrected chi connectivity index (χ0v) is 14.9. The molecule has 1 aliphatic carbocycles. The molecule has 5 nitrogen and oxygen atoms in total. The quantitative estimate of drug-likeness (QED) is 0.840. The van der Waals surface area contributed by atoms with Gasteiger partial charge in [0.1, 0.15) is 0 Å². The van der Waals surface area contributed by atoms with E-state index in [0.717, 1.165) is 26.1 Å². The van der Waals surface area contributed by atoms with Crippen molar-refractivity contribution in [2.75, 3.05) is 26.7 Å². The molecule has 0 spiro atoms. The Morgan fingerprint density at radius 3 is 2.83 bits per heavy atom. The van der Waals surface area contributed by atoms with Gasteiger partial charge in [-0.3, -0.25) is 0 Å². The van der Waals surface area contributed by atoms with Gasteiger partial charge < -0.3 is 20.3 Å². The Morgan fingerprint density at radius 1 is 1.33 bits per heavy atom. The number of amides is 2. The molecule has 132 valence electrons. The first-order chi connectivity index (χ1) is 11.5. The molecule has 2 N–H and O–H groups in total. The van der Waals surface area contributed by atoms with Gasteiger partial charge in [-0.2, -0.15) is 0 Å². The van der Waals surface area contributed by atoms with Crippen LogP contribution in [-0.2, 0) is 11.3 Å². The largest absolute Gasteiger partial charge is 0.377 e. The first kappa shape index (κ1) is 17.2. The molecule has 1 saturated carbocycles. The standard InChI is InChI=1S/C19H29N3O2/c1-19(2)16(15-9-12-24-17(15)19)21-18(23)20-10-11-22(3)13-14-7-5-4-6-8-14/h4-8,15-17H,9-13H2,1-3H3,(H2,20,21,23)/t15-,16+,17-/m0/s1. The summed E-state index contributed by atoms with van der Waals surface area (Å²) >= 11 is 0. The number of hydrogen-bond donors (Lipinski definition) is 2. The van der Waals surface area contributed by atoms with E-state index in [1.54, 1.807) is 0 Å². The summed E-state index contributed by atoms with van der Waals surface area (Å²) in [6.07, 6.45) is 1.36. The number of fused-ring (bicyclic) bond motifs is 1. The number of carbonyl (C=O) groups excluding carboxylic acids is 1. The number of likely N-dealkylation sites (N-methyl/N-ethyl adjacent to an activating group) is 1. The van der Waals surface area contributed by atoms with Crippen molar-refractivity contribution in [1.29, 1.82) is 0 Å². The van der Waals surface area contributed by atoms with Gasteiger partial charge in [0.25, 0.3) is 0 Å². The van der Waals surface area contributed by atoms with Crippen molar-refractivity contribution >= 4 is 6.03 Å². The number of carbonyl (C=O) groups is 1. The molecule has 1 aromatic carbocycles. The van der Waals surface area contributed by atoms with Crippen LogP contribution in [0, 0.1) is 11.3 Å². The molecule has 0 radical (unpaired) electrons. The lowest BCUT2D eigenvalue weighted by atomic mass is 9.57. The van der Waals surface area contributed by atoms with Crippen LogP contribution in [0.3, 0.4) is 0 Å². The van der Waals surface area contributed by atoms with Crippen LogP contribution in [0.25, 0.3) is 0 Å². The highest BCUT2D eigenvalue weighted by molar-refractivity contribution is 5.74. The summed E-state index contributed by atoms with van der Waals surface area (Å²) in [6, 6.07) is 10.5. The van der Waals surface area contributed by atoms with E-state index < -0.39 is 0 Å². The van der Waals surface area contributed by atoms with Gasteiger partial charge in [-0.25, -0.2) is 4.79 Å². The monoisotopic (exact) mass is 331 g/mol. The number of nitrogens with one attached hydrogen (secondary N) is 2. The van der Waals surface area contributed by atoms with Gasteiger partial charge in [-0.15, -0.1) is 0 Å². The third-order valence-corrected chi connectivity index (χ3v) is 5.46. The highest BCUT2D eigenvalue weighted by Gasteiger charge is 2.59. The van der Waals surface area contributed by atoms with Crippen molar-refractivity contribution in [1.82, 2.24) is 15.5 Å². The molecule has 1 aliphatic heterocycles. The number of benzene rings is 1. The molecule has 0 bridgehead atoms. The maximum absolute atomic E-state index is 12.2. The molecule has 1 aromatic rings. The van der Waals surface area contributed by atoms with E-state index in [-0.39, 0.29) is 17.5 Å². The lowest BCUT2D eigenvalue weighted by Gasteiger charge is -2.54. The van der Waals surface area contributed by atoms with Crippen LogP contribution in [0.15, 0.2) is 30.3 Å². The molecule has 0 aromatic heterocycles. The van der Waals surface area contributed by atoms with E-state index in [1.165, 1.54) is 5.56 Å². The van der Waals surface area contributed by atoms with Crippen LogP contribution in [0.2, 0.25) is 0 Å². The number of hydrogen-bond acceptors (Lipinski definition) is 3. The van der Waals surface area contributed by atoms with Crippen LogP contribution in [0.4, 0.5) is 4.79 Å². The summed E-state index contributed by atoms with van der Waals surface area (Å²) in [5.74, 6) is 0.478. The van der Waals surface area contributed by atoms with Gasteiger partial charge in [0.05, 0.1) is 6.10 Å². The third-order valence-electron chi connectivity index (χ3n) is 5.46. The molecule has 0 unspecified atom stereocenters. The normalized spacial score (nSPS) is 27.4. The molecule has 2 aliphatic rings. The average Bonchev–Trinajstić information content (AvgIpc) is 3.01. The van der Waals surface area contributed by atoms with Crippen LogP contribution in [0.1, 0.15) is 25.8 Å². The summed E-state index contributed by atoms with van der Waals surface area (Å²) in [5, 5.41) is 6.14. The predicted octanol–water partition coefficient (Wildman–Crippen LogP) is 2.23. The fourth-order valence-electron chi connectivity index (χ4n) is 4.14. The molecular formula is C19H29N3O2. The Hall–Kier alpha value is -1.59. The Balaban J connectivity index is 1.37. The van der Waals surface area contributed by atoms with Crippen molar-refractivity contribution in [3.63, 3.8) is 0 Å². The number of rotatable bonds is 6. The van der Waals surface area contributed by atoms with Crippen LogP contribution in [0.5, 0.6) is 0 Å². The zero-order chi connectivity index (χ0) is 17.2. The summed E-state index contributed by atoms with van der Waals surface area (Å²) in [4.78, 5) is 14.4. The second kappa shape index (κ2) is 7.11. The van der Waals surface area contributed by atoms with E-state index in [0.29, 0.717) is 18.6 Å². The van der Waals surface area contributed by atoms with Crippen LogP contribution < -0.4 is 10.6 Å². The number of ether oxygens (including phenoxy) is 1. The summed E-state index contributed by atoms with van der Waals surface area (Å²) < 4.78 is 5.77. The minimum Gasteiger partial charge on any atom is -0.377 e. The average molecular weight is 331 g/mol. The lowest BCUT2D eigenvalue weighted by Crippen LogP contribution is -2.67. The van der Waals surface area contributed by atoms with Crippen LogP contribution >= 0.6 is 0 Å². The molecular weight excluding hydrogens is 302 g/mol. The van der Waals surface area contributed by atoms with Gasteiger partial charge in [-0.1, -0.05) is 44.2 Å². The minimum absolute atomic E-state index is 0.0304. The highest BCUT2D eigenvalue weighted by Crippen LogP contribution is 2.51. The molecule has 2 amide bonds. The Morgan fingerprint density at radius 2 is 2.08 bits per heavy atom. The highest BCUT2D eigenvalue weighted by atomic mass is 16.5. The maximum atomic E-state index is 12.2. The van der Waals surface area contributed by atoms with Crippen molar-refractivity contribution in [3.05, 3.63) is 35.9 Å². The Kier molecular flexibility index (Phi) is 5.11. The molecule has 24 heavy (non-hydrogen) atoms. The van der Waals surface area contributed by atoms with E-state index in [1.807, 2.05) is 6.07 Å². The molecule has 5 heteroatoms. The molecule has 3 atom stereocenters. The Labute approximate surface area is 144 Å². The first-order valence-electron chi connectivity index (χ1n) is 8.87. The van der Waals surface area contributed by atoms with Gasteiger partial charge >= 0.3 is 6.03 Å². The molecule has 1 heterocycles. The van der Waals surface area contributed by atoms with E-state index in [2.05, 4.69) is 60.7 Å². The molecule has 3 rings (SSSR count). The smallest absolute Gasteiger partial charge is 0.315 e. The topological polar surface area (TPSA) is 53.6 Å². The minimum atomic E-state index is -0.0634. The lowest BCUT2D eigenvalue weighted by molar-refractivity contribution is -0.108. The first-order valence-corrected chi connectivity index (χ1v) is 8.87. The van der Waals surface area contributed by atoms with Crippen molar-refractivity contribution in [3.8, 4) is 0 Å². The fraction of sp³-hybridized carbons (Fsp3) is 0.632. The maximum Gasteiger partial charge on any atom is 0.315 e. The van der Waals surface area contributed by atoms with Gasteiger partial charge in [0, 0.05) is 43.6 Å². The van der Waals surface area contributed by atoms with Crippen molar-refractivity contribution < 1.29 is 9.53 Å². The second-order valence-electron chi connectivity index (χ2n) is 7.67. The van der Waals surface area contributed by atoms with Crippen LogP contribution in [-0.4, -0.2) is 49.8 Å². The predicted molar refractivity (Wildman–Crippen MR) is 94.7 cm³/mol. The second-order valence-corrected chi connectivity index (χ2v) is 7.67. The summed E-state index contributed by atoms with van der Waals surface area (Å²) in [5.41, 5.74) is 1.32. The molecule has 2 fully saturated rings.